The molecule has 0 unspecified atom stereocenters. The third-order valence-corrected chi connectivity index (χ3v) is 3.41. The second-order valence-electron chi connectivity index (χ2n) is 4.47. The number of nitrogens with zero attached hydrogens (tertiary/aromatic N) is 2. The molecule has 1 aromatic rings. The highest BCUT2D eigenvalue weighted by Crippen LogP contribution is 2.13. The topological polar surface area (TPSA) is 26.7 Å². The highest BCUT2D eigenvalue weighted by molar-refractivity contribution is 6.30. The van der Waals surface area contributed by atoms with Crippen LogP contribution in [0.2, 0.25) is 5.02 Å². The van der Waals surface area contributed by atoms with Crippen LogP contribution in [-0.2, 0) is 6.54 Å². The van der Waals surface area contributed by atoms with Crippen molar-refractivity contribution in [2.75, 3.05) is 39.3 Å². The molecule has 3 nitrogen and oxygen atoms in total. The van der Waals surface area contributed by atoms with Gasteiger partial charge in [0.05, 0.1) is 6.61 Å². The predicted octanol–water partition coefficient (Wildman–Crippen LogP) is 1.45. The van der Waals surface area contributed by atoms with Crippen molar-refractivity contribution in [2.45, 2.75) is 6.54 Å². The van der Waals surface area contributed by atoms with Crippen LogP contribution in [0.25, 0.3) is 0 Å². The van der Waals surface area contributed by atoms with Crippen LogP contribution in [-0.4, -0.2) is 54.2 Å². The Balaban J connectivity index is 1.82. The number of halogens is 1. The van der Waals surface area contributed by atoms with E-state index in [0.29, 0.717) is 0 Å². The molecule has 0 spiro atoms. The molecule has 94 valence electrons. The second kappa shape index (κ2) is 6.36. The van der Waals surface area contributed by atoms with Crippen LogP contribution in [0.1, 0.15) is 5.56 Å². The van der Waals surface area contributed by atoms with Gasteiger partial charge in [-0.05, 0) is 17.7 Å². The first-order chi connectivity index (χ1) is 8.28. The zero-order valence-electron chi connectivity index (χ0n) is 9.98. The molecule has 0 radical (unpaired) electrons. The summed E-state index contributed by atoms with van der Waals surface area (Å²) >= 11 is 5.97. The Morgan fingerprint density at radius 3 is 2.47 bits per heavy atom. The Kier molecular flexibility index (Phi) is 4.80. The molecule has 2 rings (SSSR count). The minimum absolute atomic E-state index is 0.258. The molecular weight excluding hydrogens is 236 g/mol. The van der Waals surface area contributed by atoms with Gasteiger partial charge in [-0.3, -0.25) is 9.80 Å². The van der Waals surface area contributed by atoms with E-state index >= 15 is 0 Å². The lowest BCUT2D eigenvalue weighted by molar-refractivity contribution is 0.108. The number of benzene rings is 1. The van der Waals surface area contributed by atoms with E-state index in [-0.39, 0.29) is 6.61 Å². The van der Waals surface area contributed by atoms with E-state index in [1.54, 1.807) is 0 Å². The fourth-order valence-corrected chi connectivity index (χ4v) is 2.42. The molecule has 1 N–H and O–H groups in total. The normalized spacial score (nSPS) is 18.5. The third-order valence-electron chi connectivity index (χ3n) is 3.18. The molecule has 1 aliphatic rings. The van der Waals surface area contributed by atoms with Crippen LogP contribution in [0.15, 0.2) is 24.3 Å². The molecule has 17 heavy (non-hydrogen) atoms. The van der Waals surface area contributed by atoms with Gasteiger partial charge in [-0.2, -0.15) is 0 Å². The molecule has 0 aliphatic carbocycles. The Morgan fingerprint density at radius 1 is 1.12 bits per heavy atom. The van der Waals surface area contributed by atoms with E-state index in [0.717, 1.165) is 44.3 Å². The molecule has 0 aromatic heterocycles. The fraction of sp³-hybridized carbons (Fsp3) is 0.538. The smallest absolute Gasteiger partial charge is 0.0558 e. The van der Waals surface area contributed by atoms with Gasteiger partial charge in [-0.25, -0.2) is 0 Å². The molecule has 1 aromatic carbocycles. The number of hydrogen-bond donors (Lipinski definition) is 1. The van der Waals surface area contributed by atoms with Crippen LogP contribution < -0.4 is 0 Å². The summed E-state index contributed by atoms with van der Waals surface area (Å²) in [5.41, 5.74) is 1.27. The lowest BCUT2D eigenvalue weighted by Gasteiger charge is -2.34. The average molecular weight is 255 g/mol. The molecule has 0 atom stereocenters. The van der Waals surface area contributed by atoms with Crippen molar-refractivity contribution < 1.29 is 5.11 Å². The second-order valence-corrected chi connectivity index (χ2v) is 4.91. The monoisotopic (exact) mass is 254 g/mol. The number of piperazine rings is 1. The van der Waals surface area contributed by atoms with E-state index in [9.17, 15) is 0 Å². The first kappa shape index (κ1) is 12.8. The summed E-state index contributed by atoms with van der Waals surface area (Å²) in [4.78, 5) is 4.73. The van der Waals surface area contributed by atoms with Gasteiger partial charge in [0.25, 0.3) is 0 Å². The van der Waals surface area contributed by atoms with Crippen molar-refractivity contribution in [1.29, 1.82) is 0 Å². The molecular formula is C13H19ClN2O. The standard InChI is InChI=1S/C13H19ClN2O/c14-13-3-1-2-12(10-13)11-16-6-4-15(5-7-16)8-9-17/h1-3,10,17H,4-9,11H2. The highest BCUT2D eigenvalue weighted by atomic mass is 35.5. The number of aliphatic hydroxyl groups is 1. The lowest BCUT2D eigenvalue weighted by Crippen LogP contribution is -2.46. The summed E-state index contributed by atoms with van der Waals surface area (Å²) in [5, 5.41) is 9.69. The average Bonchev–Trinajstić information content (AvgIpc) is 2.32. The Morgan fingerprint density at radius 2 is 1.82 bits per heavy atom. The number of hydrogen-bond acceptors (Lipinski definition) is 3. The largest absolute Gasteiger partial charge is 0.395 e. The van der Waals surface area contributed by atoms with Gasteiger partial charge in [0.15, 0.2) is 0 Å². The first-order valence-corrected chi connectivity index (χ1v) is 6.46. The maximum absolute atomic E-state index is 8.88. The van der Waals surface area contributed by atoms with Crippen LogP contribution in [0, 0.1) is 0 Å². The molecule has 0 amide bonds. The van der Waals surface area contributed by atoms with Crippen LogP contribution >= 0.6 is 11.6 Å². The molecule has 0 bridgehead atoms. The summed E-state index contributed by atoms with van der Waals surface area (Å²) in [5.74, 6) is 0. The van der Waals surface area contributed by atoms with Crippen LogP contribution in [0.5, 0.6) is 0 Å². The Hall–Kier alpha value is -0.610. The summed E-state index contributed by atoms with van der Waals surface area (Å²) in [7, 11) is 0. The van der Waals surface area contributed by atoms with Crippen LogP contribution in [0.4, 0.5) is 0 Å². The van der Waals surface area contributed by atoms with Crippen molar-refractivity contribution in [3.63, 3.8) is 0 Å². The van der Waals surface area contributed by atoms with Gasteiger partial charge in [0, 0.05) is 44.3 Å². The Labute approximate surface area is 108 Å². The summed E-state index contributed by atoms with van der Waals surface area (Å²) < 4.78 is 0. The number of rotatable bonds is 4. The summed E-state index contributed by atoms with van der Waals surface area (Å²) in [6, 6.07) is 8.05. The van der Waals surface area contributed by atoms with E-state index in [4.69, 9.17) is 16.7 Å². The summed E-state index contributed by atoms with van der Waals surface area (Å²) in [6.45, 7) is 6.23. The van der Waals surface area contributed by atoms with Crippen molar-refractivity contribution in [3.05, 3.63) is 34.9 Å². The predicted molar refractivity (Wildman–Crippen MR) is 70.3 cm³/mol. The van der Waals surface area contributed by atoms with E-state index < -0.39 is 0 Å². The van der Waals surface area contributed by atoms with Crippen LogP contribution in [0.3, 0.4) is 0 Å². The SMILES string of the molecule is OCCN1CCN(Cc2cccc(Cl)c2)CC1. The first-order valence-electron chi connectivity index (χ1n) is 6.08. The zero-order chi connectivity index (χ0) is 12.1. The number of aliphatic hydroxyl groups excluding tert-OH is 1. The zero-order valence-corrected chi connectivity index (χ0v) is 10.7. The van der Waals surface area contributed by atoms with Crippen molar-refractivity contribution >= 4 is 11.6 Å². The maximum Gasteiger partial charge on any atom is 0.0558 e. The fourth-order valence-electron chi connectivity index (χ4n) is 2.21. The van der Waals surface area contributed by atoms with E-state index in [1.807, 2.05) is 18.2 Å². The van der Waals surface area contributed by atoms with Crippen molar-refractivity contribution in [3.8, 4) is 0 Å². The number of β-amino-alcohol motifs (C(OH)–C–C–N with tert-alkyl or cyclic N) is 1. The molecule has 1 saturated heterocycles. The Bertz CT molecular complexity index is 351. The molecule has 1 fully saturated rings. The van der Waals surface area contributed by atoms with Crippen molar-refractivity contribution in [2.24, 2.45) is 0 Å². The van der Waals surface area contributed by atoms with Crippen molar-refractivity contribution in [1.82, 2.24) is 9.80 Å². The third kappa shape index (κ3) is 3.96. The molecule has 1 heterocycles. The van der Waals surface area contributed by atoms with Gasteiger partial charge < -0.3 is 5.11 Å². The van der Waals surface area contributed by atoms with Gasteiger partial charge >= 0.3 is 0 Å². The van der Waals surface area contributed by atoms with Gasteiger partial charge in [-0.15, -0.1) is 0 Å². The minimum Gasteiger partial charge on any atom is -0.395 e. The van der Waals surface area contributed by atoms with Gasteiger partial charge in [0.1, 0.15) is 0 Å². The molecule has 1 aliphatic heterocycles. The van der Waals surface area contributed by atoms with E-state index in [1.165, 1.54) is 5.56 Å². The summed E-state index contributed by atoms with van der Waals surface area (Å²) in [6.07, 6.45) is 0. The van der Waals surface area contributed by atoms with Gasteiger partial charge in [0.2, 0.25) is 0 Å². The van der Waals surface area contributed by atoms with E-state index in [2.05, 4.69) is 15.9 Å². The quantitative estimate of drug-likeness (QED) is 0.881. The molecule has 4 heteroatoms. The molecule has 0 saturated carbocycles. The lowest BCUT2D eigenvalue weighted by atomic mass is 10.2. The minimum atomic E-state index is 0.258. The maximum atomic E-state index is 8.88. The van der Waals surface area contributed by atoms with Gasteiger partial charge in [-0.1, -0.05) is 23.7 Å². The highest BCUT2D eigenvalue weighted by Gasteiger charge is 2.16.